The standard InChI is InChI=1S/C33H33FO4/c1-3-37-32(35)30-19-33(30)15-14-23-9-10-25(18-29(23)33)38-20-21-8-12-26(27(16-21)22-6-4-5-7-22)28-17-24(36-2)11-13-31(28)34/h6,8-13,16-18,30H,3-5,7,14-15,19-20H2,1-2H3/t30-,33-/m0/s1. The van der Waals surface area contributed by atoms with Gasteiger partial charge in [0.15, 0.2) is 0 Å². The molecule has 6 rings (SSSR count). The molecule has 0 aromatic heterocycles. The van der Waals surface area contributed by atoms with Crippen LogP contribution in [0.4, 0.5) is 4.39 Å². The van der Waals surface area contributed by atoms with Crippen LogP contribution >= 0.6 is 0 Å². The first kappa shape index (κ1) is 24.7. The van der Waals surface area contributed by atoms with Crippen molar-refractivity contribution in [3.05, 3.63) is 88.7 Å². The first-order chi connectivity index (χ1) is 18.5. The number of ether oxygens (including phenoxy) is 3. The molecule has 2 atom stereocenters. The van der Waals surface area contributed by atoms with E-state index in [4.69, 9.17) is 14.2 Å². The van der Waals surface area contributed by atoms with E-state index in [0.717, 1.165) is 61.0 Å². The van der Waals surface area contributed by atoms with Crippen molar-refractivity contribution in [3.8, 4) is 22.6 Å². The van der Waals surface area contributed by atoms with E-state index in [1.54, 1.807) is 19.2 Å². The number of halogens is 1. The van der Waals surface area contributed by atoms with Gasteiger partial charge in [0.2, 0.25) is 0 Å². The first-order valence-electron chi connectivity index (χ1n) is 13.6. The van der Waals surface area contributed by atoms with E-state index in [2.05, 4.69) is 24.3 Å². The maximum atomic E-state index is 14.9. The van der Waals surface area contributed by atoms with Gasteiger partial charge in [0.05, 0.1) is 19.6 Å². The minimum Gasteiger partial charge on any atom is -0.497 e. The number of hydrogen-bond acceptors (Lipinski definition) is 4. The summed E-state index contributed by atoms with van der Waals surface area (Å²) in [5.41, 5.74) is 7.23. The van der Waals surface area contributed by atoms with Gasteiger partial charge in [-0.1, -0.05) is 24.3 Å². The van der Waals surface area contributed by atoms with Gasteiger partial charge in [-0.25, -0.2) is 4.39 Å². The third kappa shape index (κ3) is 4.38. The van der Waals surface area contributed by atoms with Crippen LogP contribution in [0.1, 0.15) is 61.3 Å². The molecule has 3 aliphatic rings. The number of allylic oxidation sites excluding steroid dienone is 2. The lowest BCUT2D eigenvalue weighted by atomic mass is 9.92. The number of rotatable bonds is 8. The molecule has 1 fully saturated rings. The summed E-state index contributed by atoms with van der Waals surface area (Å²) in [5, 5.41) is 0. The Labute approximate surface area is 223 Å². The lowest BCUT2D eigenvalue weighted by Crippen LogP contribution is -2.15. The molecule has 3 aromatic carbocycles. The smallest absolute Gasteiger partial charge is 0.309 e. The van der Waals surface area contributed by atoms with E-state index in [0.29, 0.717) is 24.5 Å². The molecular weight excluding hydrogens is 479 g/mol. The zero-order valence-electron chi connectivity index (χ0n) is 22.0. The number of carbonyl (C=O) groups is 1. The summed E-state index contributed by atoms with van der Waals surface area (Å²) < 4.78 is 31.8. The average molecular weight is 513 g/mol. The monoisotopic (exact) mass is 512 g/mol. The van der Waals surface area contributed by atoms with Crippen molar-refractivity contribution < 1.29 is 23.4 Å². The van der Waals surface area contributed by atoms with Gasteiger partial charge in [-0.05, 0) is 115 Å². The Bertz CT molecular complexity index is 1420. The molecule has 0 aliphatic heterocycles. The molecule has 196 valence electrons. The topological polar surface area (TPSA) is 44.8 Å². The average Bonchev–Trinajstić information content (AvgIpc) is 3.24. The van der Waals surface area contributed by atoms with Crippen LogP contribution in [0.2, 0.25) is 0 Å². The van der Waals surface area contributed by atoms with Gasteiger partial charge in [-0.15, -0.1) is 0 Å². The van der Waals surface area contributed by atoms with Crippen molar-refractivity contribution in [2.45, 2.75) is 57.5 Å². The Kier molecular flexibility index (Phi) is 6.46. The summed E-state index contributed by atoms with van der Waals surface area (Å²) in [4.78, 5) is 12.4. The Balaban J connectivity index is 1.25. The summed E-state index contributed by atoms with van der Waals surface area (Å²) >= 11 is 0. The Morgan fingerprint density at radius 1 is 1.00 bits per heavy atom. The van der Waals surface area contributed by atoms with Crippen LogP contribution in [0.15, 0.2) is 60.7 Å². The van der Waals surface area contributed by atoms with Crippen molar-refractivity contribution in [2.24, 2.45) is 5.92 Å². The molecule has 0 radical (unpaired) electrons. The van der Waals surface area contributed by atoms with Crippen LogP contribution in [-0.2, 0) is 28.0 Å². The van der Waals surface area contributed by atoms with Crippen molar-refractivity contribution in [3.63, 3.8) is 0 Å². The van der Waals surface area contributed by atoms with Gasteiger partial charge >= 0.3 is 5.97 Å². The van der Waals surface area contributed by atoms with Crippen molar-refractivity contribution >= 4 is 11.5 Å². The maximum absolute atomic E-state index is 14.9. The molecule has 0 amide bonds. The number of aryl methyl sites for hydroxylation is 1. The summed E-state index contributed by atoms with van der Waals surface area (Å²) in [5.74, 6) is 1.07. The predicted octanol–water partition coefficient (Wildman–Crippen LogP) is 7.41. The number of fused-ring (bicyclic) bond motifs is 2. The predicted molar refractivity (Wildman–Crippen MR) is 146 cm³/mol. The fourth-order valence-corrected chi connectivity index (χ4v) is 6.35. The second-order valence-electron chi connectivity index (χ2n) is 10.6. The molecule has 4 nitrogen and oxygen atoms in total. The lowest BCUT2D eigenvalue weighted by Gasteiger charge is -2.16. The van der Waals surface area contributed by atoms with E-state index in [1.807, 2.05) is 25.1 Å². The Morgan fingerprint density at radius 3 is 2.66 bits per heavy atom. The van der Waals surface area contributed by atoms with E-state index in [-0.39, 0.29) is 23.1 Å². The number of benzene rings is 3. The molecule has 0 heterocycles. The summed E-state index contributed by atoms with van der Waals surface area (Å²) in [6.07, 6.45) is 8.25. The molecule has 3 aromatic rings. The van der Waals surface area contributed by atoms with Crippen LogP contribution in [0.25, 0.3) is 16.7 Å². The van der Waals surface area contributed by atoms with Gasteiger partial charge in [-0.3, -0.25) is 4.79 Å². The molecule has 0 saturated heterocycles. The van der Waals surface area contributed by atoms with Gasteiger partial charge in [0.25, 0.3) is 0 Å². The molecule has 38 heavy (non-hydrogen) atoms. The SMILES string of the molecule is CCOC(=O)[C@@H]1C[C@]12CCc1ccc(OCc3ccc(-c4cc(OC)ccc4F)c(C4=CCCC4)c3)cc12. The fourth-order valence-electron chi connectivity index (χ4n) is 6.35. The Hall–Kier alpha value is -3.60. The van der Waals surface area contributed by atoms with Crippen LogP contribution in [0.3, 0.4) is 0 Å². The normalized spacial score (nSPS) is 21.2. The molecule has 0 unspecified atom stereocenters. The van der Waals surface area contributed by atoms with Crippen LogP contribution in [0, 0.1) is 11.7 Å². The minimum atomic E-state index is -0.261. The van der Waals surface area contributed by atoms with Gasteiger partial charge in [0, 0.05) is 11.0 Å². The Morgan fingerprint density at radius 2 is 1.87 bits per heavy atom. The third-order valence-corrected chi connectivity index (χ3v) is 8.44. The largest absolute Gasteiger partial charge is 0.497 e. The van der Waals surface area contributed by atoms with Crippen molar-refractivity contribution in [1.29, 1.82) is 0 Å². The number of esters is 1. The zero-order valence-corrected chi connectivity index (χ0v) is 22.0. The highest BCUT2D eigenvalue weighted by atomic mass is 19.1. The molecule has 1 spiro atoms. The molecule has 0 N–H and O–H groups in total. The first-order valence-corrected chi connectivity index (χ1v) is 13.6. The van der Waals surface area contributed by atoms with Crippen molar-refractivity contribution in [2.75, 3.05) is 13.7 Å². The third-order valence-electron chi connectivity index (χ3n) is 8.44. The molecular formula is C33H33FO4. The van der Waals surface area contributed by atoms with Crippen LogP contribution in [0.5, 0.6) is 11.5 Å². The minimum absolute atomic E-state index is 0.0363. The van der Waals surface area contributed by atoms with E-state index >= 15 is 0 Å². The zero-order chi connectivity index (χ0) is 26.3. The number of hydrogen-bond donors (Lipinski definition) is 0. The quantitative estimate of drug-likeness (QED) is 0.295. The molecule has 5 heteroatoms. The highest BCUT2D eigenvalue weighted by Gasteiger charge is 2.62. The lowest BCUT2D eigenvalue weighted by molar-refractivity contribution is -0.145. The highest BCUT2D eigenvalue weighted by Crippen LogP contribution is 2.62. The van der Waals surface area contributed by atoms with Crippen molar-refractivity contribution in [1.82, 2.24) is 0 Å². The summed E-state index contributed by atoms with van der Waals surface area (Å²) in [7, 11) is 1.60. The summed E-state index contributed by atoms with van der Waals surface area (Å²) in [6, 6.07) is 17.3. The fraction of sp³-hybridized carbons (Fsp3) is 0.364. The molecule has 0 bridgehead atoms. The van der Waals surface area contributed by atoms with E-state index in [1.165, 1.54) is 22.8 Å². The second-order valence-corrected chi connectivity index (χ2v) is 10.6. The van der Waals surface area contributed by atoms with E-state index < -0.39 is 0 Å². The molecule has 3 aliphatic carbocycles. The van der Waals surface area contributed by atoms with E-state index in [9.17, 15) is 9.18 Å². The summed E-state index contributed by atoms with van der Waals surface area (Å²) in [6.45, 7) is 2.69. The van der Waals surface area contributed by atoms with Gasteiger partial charge < -0.3 is 14.2 Å². The number of carbonyl (C=O) groups excluding carboxylic acids is 1. The van der Waals surface area contributed by atoms with Gasteiger partial charge in [-0.2, -0.15) is 0 Å². The molecule has 1 saturated carbocycles. The second kappa shape index (κ2) is 9.94. The highest BCUT2D eigenvalue weighted by molar-refractivity contribution is 5.83. The van der Waals surface area contributed by atoms with Crippen LogP contribution < -0.4 is 9.47 Å². The maximum Gasteiger partial charge on any atom is 0.309 e. The number of methoxy groups -OCH3 is 1. The van der Waals surface area contributed by atoms with Crippen LogP contribution in [-0.4, -0.2) is 19.7 Å². The van der Waals surface area contributed by atoms with Gasteiger partial charge in [0.1, 0.15) is 23.9 Å².